The Labute approximate surface area is 279 Å². The number of ether oxygens (including phenoxy) is 3. The van der Waals surface area contributed by atoms with E-state index in [2.05, 4.69) is 15.1 Å². The Morgan fingerprint density at radius 3 is 2.30 bits per heavy atom. The molecule has 2 aliphatic heterocycles. The number of hydrogen-bond acceptors (Lipinski definition) is 9. The summed E-state index contributed by atoms with van der Waals surface area (Å²) < 4.78 is 24.0. The van der Waals surface area contributed by atoms with Crippen molar-refractivity contribution in [1.82, 2.24) is 9.80 Å². The SMILES string of the molecule is CO[C@H]1CN(C(OC2CCC(C(=O)O)CC2)(C(=O)Cc2ccc(NC(=O)c3coc4ccccc34)c(Cl)c2)N2CCCC2)C[C@H]1OC. The number of carbonyl (C=O) groups excluding carboxylic acids is 2. The third-order valence-electron chi connectivity index (χ3n) is 9.87. The number of amides is 1. The molecular weight excluding hydrogens is 626 g/mol. The van der Waals surface area contributed by atoms with Crippen molar-refractivity contribution in [3.8, 4) is 0 Å². The van der Waals surface area contributed by atoms with E-state index in [0.29, 0.717) is 84.7 Å². The highest BCUT2D eigenvalue weighted by molar-refractivity contribution is 6.34. The van der Waals surface area contributed by atoms with Crippen LogP contribution in [0, 0.1) is 5.92 Å². The number of methoxy groups -OCH3 is 2. The maximum absolute atomic E-state index is 14.8. The van der Waals surface area contributed by atoms with Crippen LogP contribution < -0.4 is 5.32 Å². The number of anilines is 1. The highest BCUT2D eigenvalue weighted by Crippen LogP contribution is 2.38. The lowest BCUT2D eigenvalue weighted by Crippen LogP contribution is -2.67. The number of benzene rings is 2. The molecule has 0 spiro atoms. The summed E-state index contributed by atoms with van der Waals surface area (Å²) >= 11 is 6.69. The smallest absolute Gasteiger partial charge is 0.306 e. The average Bonchev–Trinajstić information content (AvgIpc) is 3.85. The number of hydrogen-bond donors (Lipinski definition) is 2. The van der Waals surface area contributed by atoms with Crippen molar-refractivity contribution in [2.75, 3.05) is 45.7 Å². The Morgan fingerprint density at radius 1 is 0.979 bits per heavy atom. The van der Waals surface area contributed by atoms with Gasteiger partial charge in [-0.05, 0) is 62.3 Å². The highest BCUT2D eigenvalue weighted by Gasteiger charge is 2.56. The topological polar surface area (TPSA) is 131 Å². The number of nitrogens with one attached hydrogen (secondary N) is 1. The van der Waals surface area contributed by atoms with E-state index in [-0.39, 0.29) is 36.4 Å². The molecule has 2 saturated heterocycles. The Balaban J connectivity index is 1.26. The zero-order valence-electron chi connectivity index (χ0n) is 26.8. The van der Waals surface area contributed by atoms with Gasteiger partial charge in [-0.3, -0.25) is 24.2 Å². The van der Waals surface area contributed by atoms with E-state index in [9.17, 15) is 19.5 Å². The lowest BCUT2D eigenvalue weighted by atomic mass is 9.87. The van der Waals surface area contributed by atoms with E-state index < -0.39 is 17.7 Å². The van der Waals surface area contributed by atoms with E-state index in [1.54, 1.807) is 38.5 Å². The van der Waals surface area contributed by atoms with Crippen LogP contribution in [0.1, 0.15) is 54.4 Å². The Hall–Kier alpha value is -3.32. The molecule has 252 valence electrons. The monoisotopic (exact) mass is 667 g/mol. The molecule has 1 unspecified atom stereocenters. The van der Waals surface area contributed by atoms with Gasteiger partial charge in [0.25, 0.3) is 5.91 Å². The molecule has 3 aliphatic rings. The summed E-state index contributed by atoms with van der Waals surface area (Å²) in [6.45, 7) is 2.26. The molecule has 3 atom stereocenters. The van der Waals surface area contributed by atoms with Gasteiger partial charge in [0.05, 0.1) is 40.5 Å². The lowest BCUT2D eigenvalue weighted by molar-refractivity contribution is -0.253. The number of ketones is 1. The minimum atomic E-state index is -1.39. The molecule has 3 heterocycles. The summed E-state index contributed by atoms with van der Waals surface area (Å²) in [6.07, 6.45) is 4.68. The maximum atomic E-state index is 14.8. The van der Waals surface area contributed by atoms with Crippen molar-refractivity contribution < 1.29 is 38.1 Å². The summed E-state index contributed by atoms with van der Waals surface area (Å²) in [5.74, 6) is -3.06. The molecule has 1 aromatic heterocycles. The van der Waals surface area contributed by atoms with Crippen molar-refractivity contribution in [2.24, 2.45) is 5.92 Å². The minimum Gasteiger partial charge on any atom is -0.481 e. The molecule has 0 radical (unpaired) electrons. The normalized spacial score (nSPS) is 25.2. The zero-order valence-corrected chi connectivity index (χ0v) is 27.5. The fourth-order valence-electron chi connectivity index (χ4n) is 7.31. The van der Waals surface area contributed by atoms with Gasteiger partial charge < -0.3 is 29.1 Å². The second-order valence-electron chi connectivity index (χ2n) is 12.7. The van der Waals surface area contributed by atoms with E-state index in [1.165, 1.54) is 6.26 Å². The number of para-hydroxylation sites is 1. The number of nitrogens with zero attached hydrogens (tertiary/aromatic N) is 2. The molecule has 6 rings (SSSR count). The van der Waals surface area contributed by atoms with Crippen LogP contribution in [0.3, 0.4) is 0 Å². The standard InChI is InChI=1S/C35H42ClN3O8/c1-44-30-19-39(20-31(30)45-2)35(38-15-5-6-16-38,47-24-12-10-23(11-13-24)34(42)43)32(40)18-22-9-14-28(27(36)17-22)37-33(41)26-21-46-29-8-4-3-7-25(26)29/h3-4,7-9,14,17,21,23-24,30-31H,5-6,10-13,15-16,18-20H2,1-2H3,(H,37,41)(H,42,43)/t23?,24?,30-,31+,35?. The van der Waals surface area contributed by atoms with Gasteiger partial charge in [-0.1, -0.05) is 35.9 Å². The second-order valence-corrected chi connectivity index (χ2v) is 13.1. The number of fused-ring (bicyclic) bond motifs is 1. The first-order valence-electron chi connectivity index (χ1n) is 16.3. The molecule has 1 amide bonds. The largest absolute Gasteiger partial charge is 0.481 e. The third-order valence-corrected chi connectivity index (χ3v) is 10.2. The molecular formula is C35H42ClN3O8. The number of aliphatic carboxylic acids is 1. The van der Waals surface area contributed by atoms with Crippen LogP contribution in [0.25, 0.3) is 11.0 Å². The molecule has 11 nitrogen and oxygen atoms in total. The van der Waals surface area contributed by atoms with Crippen molar-refractivity contribution >= 4 is 45.9 Å². The van der Waals surface area contributed by atoms with Crippen LogP contribution >= 0.6 is 11.6 Å². The van der Waals surface area contributed by atoms with Gasteiger partial charge in [-0.15, -0.1) is 0 Å². The molecule has 2 N–H and O–H groups in total. The summed E-state index contributed by atoms with van der Waals surface area (Å²) in [5, 5.41) is 13.4. The van der Waals surface area contributed by atoms with Gasteiger partial charge in [-0.2, -0.15) is 0 Å². The van der Waals surface area contributed by atoms with Crippen LogP contribution in [0.5, 0.6) is 0 Å². The Bertz CT molecular complexity index is 1590. The maximum Gasteiger partial charge on any atom is 0.306 e. The van der Waals surface area contributed by atoms with Gasteiger partial charge in [0.15, 0.2) is 5.78 Å². The minimum absolute atomic E-state index is 0.0348. The first-order valence-corrected chi connectivity index (χ1v) is 16.7. The van der Waals surface area contributed by atoms with Crippen LogP contribution in [-0.4, -0.2) is 97.1 Å². The van der Waals surface area contributed by atoms with Gasteiger partial charge in [0.2, 0.25) is 5.85 Å². The zero-order chi connectivity index (χ0) is 33.1. The van der Waals surface area contributed by atoms with Gasteiger partial charge in [0, 0.05) is 52.2 Å². The Morgan fingerprint density at radius 2 is 1.66 bits per heavy atom. The van der Waals surface area contributed by atoms with Crippen molar-refractivity contribution in [2.45, 2.75) is 69.1 Å². The van der Waals surface area contributed by atoms with E-state index in [0.717, 1.165) is 12.8 Å². The van der Waals surface area contributed by atoms with E-state index in [4.69, 9.17) is 30.2 Å². The van der Waals surface area contributed by atoms with E-state index >= 15 is 0 Å². The van der Waals surface area contributed by atoms with Crippen LogP contribution in [0.15, 0.2) is 53.1 Å². The second kappa shape index (κ2) is 14.4. The fourth-order valence-corrected chi connectivity index (χ4v) is 7.56. The molecule has 3 fully saturated rings. The highest BCUT2D eigenvalue weighted by atomic mass is 35.5. The van der Waals surface area contributed by atoms with Crippen molar-refractivity contribution in [1.29, 1.82) is 0 Å². The number of carbonyl (C=O) groups is 3. The number of carboxylic acids is 1. The van der Waals surface area contributed by atoms with Gasteiger partial charge in [-0.25, -0.2) is 0 Å². The number of carboxylic acid groups (broad SMARTS) is 1. The predicted molar refractivity (Wildman–Crippen MR) is 176 cm³/mol. The third kappa shape index (κ3) is 6.83. The molecule has 1 saturated carbocycles. The number of furan rings is 1. The molecule has 1 aliphatic carbocycles. The average molecular weight is 668 g/mol. The van der Waals surface area contributed by atoms with E-state index in [1.807, 2.05) is 18.2 Å². The summed E-state index contributed by atoms with van der Waals surface area (Å²) in [4.78, 5) is 43.8. The Kier molecular flexibility index (Phi) is 10.3. The summed E-state index contributed by atoms with van der Waals surface area (Å²) in [6, 6.07) is 12.5. The van der Waals surface area contributed by atoms with Gasteiger partial charge in [0.1, 0.15) is 11.8 Å². The molecule has 12 heteroatoms. The first kappa shape index (κ1) is 33.6. The number of halogens is 1. The molecule has 47 heavy (non-hydrogen) atoms. The van der Waals surface area contributed by atoms with Crippen LogP contribution in [0.2, 0.25) is 5.02 Å². The predicted octanol–water partition coefficient (Wildman–Crippen LogP) is 5.21. The van der Waals surface area contributed by atoms with Crippen LogP contribution in [-0.2, 0) is 30.2 Å². The summed E-state index contributed by atoms with van der Waals surface area (Å²) in [5.41, 5.74) is 2.11. The lowest BCUT2D eigenvalue weighted by Gasteiger charge is -2.48. The van der Waals surface area contributed by atoms with Crippen molar-refractivity contribution in [3.63, 3.8) is 0 Å². The van der Waals surface area contributed by atoms with Crippen LogP contribution in [0.4, 0.5) is 5.69 Å². The van der Waals surface area contributed by atoms with Gasteiger partial charge >= 0.3 is 5.97 Å². The van der Waals surface area contributed by atoms with Crippen molar-refractivity contribution in [3.05, 3.63) is 64.9 Å². The summed E-state index contributed by atoms with van der Waals surface area (Å²) in [7, 11) is 3.29. The number of rotatable bonds is 12. The molecule has 0 bridgehead atoms. The number of likely N-dealkylation sites (tertiary alicyclic amines) is 2. The quantitative estimate of drug-likeness (QED) is 0.266. The number of Topliss-reactive ketones (excluding diaryl/α,β-unsaturated/α-hetero) is 1. The first-order chi connectivity index (χ1) is 22.7. The fraction of sp³-hybridized carbons (Fsp3) is 0.514. The molecule has 3 aromatic rings. The molecule has 2 aromatic carbocycles.